The predicted octanol–water partition coefficient (Wildman–Crippen LogP) is 3.38. The molecule has 0 spiro atoms. The Bertz CT molecular complexity index is 427. The number of hydrogen-bond donors (Lipinski definition) is 2. The molecule has 1 aromatic carbocycles. The summed E-state index contributed by atoms with van der Waals surface area (Å²) in [5, 5.41) is 3.28. The summed E-state index contributed by atoms with van der Waals surface area (Å²) in [6, 6.07) is 4.91. The molecule has 1 aromatic rings. The number of hydrogen-bond acceptors (Lipinski definition) is 2. The van der Waals surface area contributed by atoms with E-state index in [0.29, 0.717) is 10.7 Å². The van der Waals surface area contributed by atoms with Crippen molar-refractivity contribution in [3.8, 4) is 0 Å². The van der Waals surface area contributed by atoms with Crippen LogP contribution in [-0.4, -0.2) is 11.9 Å². The van der Waals surface area contributed by atoms with Gasteiger partial charge in [0.05, 0.1) is 16.8 Å². The minimum atomic E-state index is -0.570. The molecule has 3 nitrogen and oxygen atoms in total. The van der Waals surface area contributed by atoms with Crippen LogP contribution in [0.15, 0.2) is 18.2 Å². The summed E-state index contributed by atoms with van der Waals surface area (Å²) in [5.74, 6) is -0.218. The van der Waals surface area contributed by atoms with E-state index in [-0.39, 0.29) is 23.7 Å². The standard InChI is InChI=1S/C13H19ClN2O.ClH/c1-8-5-6-9(14)10(7-8)16-12(17)11(15)13(2,3)4;/h5-7,11H,15H2,1-4H3,(H,16,17);1H/t11-;/m1./s1. The van der Waals surface area contributed by atoms with E-state index in [4.69, 9.17) is 17.3 Å². The number of rotatable bonds is 2. The summed E-state index contributed by atoms with van der Waals surface area (Å²) in [6.45, 7) is 7.72. The van der Waals surface area contributed by atoms with E-state index >= 15 is 0 Å². The average molecular weight is 291 g/mol. The zero-order valence-electron chi connectivity index (χ0n) is 11.1. The number of nitrogens with two attached hydrogens (primary N) is 1. The maximum Gasteiger partial charge on any atom is 0.241 e. The van der Waals surface area contributed by atoms with E-state index in [1.165, 1.54) is 0 Å². The van der Waals surface area contributed by atoms with Crippen molar-refractivity contribution in [1.29, 1.82) is 0 Å². The number of halogens is 2. The van der Waals surface area contributed by atoms with Crippen molar-refractivity contribution >= 4 is 35.6 Å². The van der Waals surface area contributed by atoms with Gasteiger partial charge < -0.3 is 11.1 Å². The topological polar surface area (TPSA) is 55.1 Å². The lowest BCUT2D eigenvalue weighted by atomic mass is 9.87. The van der Waals surface area contributed by atoms with Crippen LogP contribution in [0.3, 0.4) is 0 Å². The third kappa shape index (κ3) is 4.48. The van der Waals surface area contributed by atoms with Crippen molar-refractivity contribution in [2.45, 2.75) is 33.7 Å². The molecule has 0 saturated heterocycles. The Morgan fingerprint density at radius 1 is 1.39 bits per heavy atom. The number of anilines is 1. The molecule has 0 aliphatic carbocycles. The Balaban J connectivity index is 0.00000289. The second-order valence-corrected chi connectivity index (χ2v) is 5.72. The van der Waals surface area contributed by atoms with Gasteiger partial charge in [0.25, 0.3) is 0 Å². The maximum atomic E-state index is 11.9. The Morgan fingerprint density at radius 3 is 2.44 bits per heavy atom. The van der Waals surface area contributed by atoms with E-state index in [0.717, 1.165) is 5.56 Å². The van der Waals surface area contributed by atoms with Crippen molar-refractivity contribution in [2.24, 2.45) is 11.1 Å². The van der Waals surface area contributed by atoms with E-state index in [2.05, 4.69) is 5.32 Å². The van der Waals surface area contributed by atoms with Gasteiger partial charge in [-0.3, -0.25) is 4.79 Å². The third-order valence-corrected chi connectivity index (χ3v) is 2.92. The fourth-order valence-corrected chi connectivity index (χ4v) is 1.50. The Kier molecular flexibility index (Phi) is 6.14. The lowest BCUT2D eigenvalue weighted by Gasteiger charge is -2.26. The monoisotopic (exact) mass is 290 g/mol. The highest BCUT2D eigenvalue weighted by molar-refractivity contribution is 6.33. The summed E-state index contributed by atoms with van der Waals surface area (Å²) < 4.78 is 0. The SMILES string of the molecule is Cc1ccc(Cl)c(NC(=O)[C@@H](N)C(C)(C)C)c1.Cl. The zero-order valence-corrected chi connectivity index (χ0v) is 12.7. The lowest BCUT2D eigenvalue weighted by Crippen LogP contribution is -2.45. The number of amides is 1. The van der Waals surface area contributed by atoms with Gasteiger partial charge in [-0.2, -0.15) is 0 Å². The molecule has 0 unspecified atom stereocenters. The molecule has 18 heavy (non-hydrogen) atoms. The highest BCUT2D eigenvalue weighted by Gasteiger charge is 2.27. The lowest BCUT2D eigenvalue weighted by molar-refractivity contribution is -0.119. The first-order valence-corrected chi connectivity index (χ1v) is 5.92. The van der Waals surface area contributed by atoms with Crippen molar-refractivity contribution < 1.29 is 4.79 Å². The molecular formula is C13H20Cl2N2O. The second-order valence-electron chi connectivity index (χ2n) is 5.32. The van der Waals surface area contributed by atoms with Gasteiger partial charge in [0, 0.05) is 0 Å². The third-order valence-electron chi connectivity index (χ3n) is 2.60. The Hall–Kier alpha value is -0.770. The fraction of sp³-hybridized carbons (Fsp3) is 0.462. The molecule has 0 heterocycles. The minimum Gasteiger partial charge on any atom is -0.323 e. The normalized spacial score (nSPS) is 12.6. The first-order valence-electron chi connectivity index (χ1n) is 5.54. The van der Waals surface area contributed by atoms with Gasteiger partial charge in [0.1, 0.15) is 0 Å². The first kappa shape index (κ1) is 17.2. The number of benzene rings is 1. The van der Waals surface area contributed by atoms with Gasteiger partial charge >= 0.3 is 0 Å². The van der Waals surface area contributed by atoms with Crippen LogP contribution in [0.5, 0.6) is 0 Å². The molecule has 1 amide bonds. The predicted molar refractivity (Wildman–Crippen MR) is 79.5 cm³/mol. The second kappa shape index (κ2) is 6.41. The van der Waals surface area contributed by atoms with Crippen molar-refractivity contribution in [3.05, 3.63) is 28.8 Å². The van der Waals surface area contributed by atoms with Crippen LogP contribution in [0, 0.1) is 12.3 Å². The fourth-order valence-electron chi connectivity index (χ4n) is 1.34. The van der Waals surface area contributed by atoms with Crippen molar-refractivity contribution in [3.63, 3.8) is 0 Å². The van der Waals surface area contributed by atoms with Crippen LogP contribution in [0.1, 0.15) is 26.3 Å². The van der Waals surface area contributed by atoms with Gasteiger partial charge in [-0.1, -0.05) is 38.4 Å². The molecule has 0 bridgehead atoms. The van der Waals surface area contributed by atoms with Crippen LogP contribution >= 0.6 is 24.0 Å². The quantitative estimate of drug-likeness (QED) is 0.877. The van der Waals surface area contributed by atoms with Gasteiger partial charge in [0.2, 0.25) is 5.91 Å². The number of nitrogens with one attached hydrogen (secondary N) is 1. The molecule has 0 saturated carbocycles. The molecule has 1 rings (SSSR count). The molecule has 3 N–H and O–H groups in total. The molecule has 0 aliphatic rings. The summed E-state index contributed by atoms with van der Waals surface area (Å²) in [5.41, 5.74) is 7.24. The molecule has 0 fully saturated rings. The van der Waals surface area contributed by atoms with Crippen LogP contribution in [0.2, 0.25) is 5.02 Å². The molecular weight excluding hydrogens is 271 g/mol. The summed E-state index contributed by atoms with van der Waals surface area (Å²) >= 11 is 6.00. The van der Waals surface area contributed by atoms with Gasteiger partial charge in [-0.25, -0.2) is 0 Å². The molecule has 0 radical (unpaired) electrons. The largest absolute Gasteiger partial charge is 0.323 e. The maximum absolute atomic E-state index is 11.9. The van der Waals surface area contributed by atoms with Crippen LogP contribution < -0.4 is 11.1 Å². The minimum absolute atomic E-state index is 0. The van der Waals surface area contributed by atoms with E-state index in [1.54, 1.807) is 6.07 Å². The van der Waals surface area contributed by atoms with Gasteiger partial charge in [-0.05, 0) is 30.0 Å². The number of carbonyl (C=O) groups is 1. The van der Waals surface area contributed by atoms with E-state index < -0.39 is 6.04 Å². The van der Waals surface area contributed by atoms with Crippen molar-refractivity contribution in [1.82, 2.24) is 0 Å². The summed E-state index contributed by atoms with van der Waals surface area (Å²) in [6.07, 6.45) is 0. The molecule has 1 atom stereocenters. The molecule has 0 aromatic heterocycles. The van der Waals surface area contributed by atoms with E-state index in [9.17, 15) is 4.79 Å². The smallest absolute Gasteiger partial charge is 0.241 e. The average Bonchev–Trinajstić information content (AvgIpc) is 2.21. The molecule has 102 valence electrons. The Morgan fingerprint density at radius 2 is 1.94 bits per heavy atom. The molecule has 0 aliphatic heterocycles. The molecule has 5 heteroatoms. The van der Waals surface area contributed by atoms with Crippen LogP contribution in [0.4, 0.5) is 5.69 Å². The summed E-state index contributed by atoms with van der Waals surface area (Å²) in [7, 11) is 0. The number of aryl methyl sites for hydroxylation is 1. The Labute approximate surface area is 119 Å². The highest BCUT2D eigenvalue weighted by Crippen LogP contribution is 2.24. The van der Waals surface area contributed by atoms with Crippen LogP contribution in [0.25, 0.3) is 0 Å². The van der Waals surface area contributed by atoms with Gasteiger partial charge in [-0.15, -0.1) is 12.4 Å². The van der Waals surface area contributed by atoms with E-state index in [1.807, 2.05) is 39.8 Å². The number of carbonyl (C=O) groups excluding carboxylic acids is 1. The van der Waals surface area contributed by atoms with Gasteiger partial charge in [0.15, 0.2) is 0 Å². The highest BCUT2D eigenvalue weighted by atomic mass is 35.5. The zero-order chi connectivity index (χ0) is 13.2. The van der Waals surface area contributed by atoms with Crippen LogP contribution in [-0.2, 0) is 4.79 Å². The first-order chi connectivity index (χ1) is 7.71. The summed E-state index contributed by atoms with van der Waals surface area (Å²) in [4.78, 5) is 11.9. The van der Waals surface area contributed by atoms with Crippen molar-refractivity contribution in [2.75, 3.05) is 5.32 Å².